The van der Waals surface area contributed by atoms with Crippen LogP contribution in [0.25, 0.3) is 0 Å². The first-order valence-corrected chi connectivity index (χ1v) is 5.89. The van der Waals surface area contributed by atoms with Crippen molar-refractivity contribution in [1.29, 1.82) is 0 Å². The van der Waals surface area contributed by atoms with Gasteiger partial charge in [0.1, 0.15) is 0 Å². The molecule has 0 N–H and O–H groups in total. The summed E-state index contributed by atoms with van der Waals surface area (Å²) in [4.78, 5) is 0. The summed E-state index contributed by atoms with van der Waals surface area (Å²) in [6.45, 7) is 2.44. The zero-order chi connectivity index (χ0) is 7.49. The predicted molar refractivity (Wildman–Crippen MR) is 40.2 cm³/mol. The first-order valence-electron chi connectivity index (χ1n) is 2.91. The molecule has 2 nitrogen and oxygen atoms in total. The Morgan fingerprint density at radius 1 is 1.78 bits per heavy atom. The second kappa shape index (κ2) is 3.60. The third-order valence-corrected chi connectivity index (χ3v) is 1.92. The van der Waals surface area contributed by atoms with Crippen LogP contribution < -0.4 is 0 Å². The van der Waals surface area contributed by atoms with E-state index in [1.165, 1.54) is 6.66 Å². The van der Waals surface area contributed by atoms with Crippen molar-refractivity contribution in [3.05, 3.63) is 0 Å². The summed E-state index contributed by atoms with van der Waals surface area (Å²) < 4.78 is 15.6. The highest BCUT2D eigenvalue weighted by Gasteiger charge is 2.13. The maximum absolute atomic E-state index is 10.7. The summed E-state index contributed by atoms with van der Waals surface area (Å²) in [6.07, 6.45) is 0.836. The summed E-state index contributed by atoms with van der Waals surface area (Å²) in [7, 11) is 0. The molecule has 0 radical (unpaired) electrons. The Labute approximate surface area is 60.8 Å². The van der Waals surface area contributed by atoms with Crippen LogP contribution >= 0.6 is 18.0 Å². The molecule has 0 amide bonds. The van der Waals surface area contributed by atoms with E-state index in [9.17, 15) is 4.57 Å². The van der Waals surface area contributed by atoms with E-state index in [1.54, 1.807) is 0 Å². The summed E-state index contributed by atoms with van der Waals surface area (Å²) in [5, 5.41) is 0. The van der Waals surface area contributed by atoms with Gasteiger partial charge in [0, 0.05) is 6.66 Å². The Morgan fingerprint density at radius 2 is 2.22 bits per heavy atom. The van der Waals surface area contributed by atoms with Crippen LogP contribution in [-0.2, 0) is 9.09 Å². The molecule has 0 aromatic carbocycles. The number of hydrogen-bond acceptors (Lipinski definition) is 2. The lowest BCUT2D eigenvalue weighted by Crippen LogP contribution is -2.01. The molecule has 0 aromatic heterocycles. The molecule has 0 fully saturated rings. The van der Waals surface area contributed by atoms with E-state index in [0.717, 1.165) is 6.42 Å². The Hall–Kier alpha value is 0.480. The normalized spacial score (nSPS) is 20.9. The minimum Gasteiger partial charge on any atom is -0.315 e. The minimum absolute atomic E-state index is 0.00154. The molecule has 4 heteroatoms. The zero-order valence-corrected chi connectivity index (χ0v) is 7.58. The van der Waals surface area contributed by atoms with Crippen molar-refractivity contribution in [2.45, 2.75) is 26.4 Å². The van der Waals surface area contributed by atoms with Crippen molar-refractivity contribution in [2.24, 2.45) is 0 Å². The molecule has 0 aliphatic heterocycles. The van der Waals surface area contributed by atoms with Crippen LogP contribution in [0.4, 0.5) is 0 Å². The molecule has 0 spiro atoms. The minimum atomic E-state index is -2.77. The van der Waals surface area contributed by atoms with E-state index in [2.05, 4.69) is 0 Å². The van der Waals surface area contributed by atoms with Crippen LogP contribution in [0.5, 0.6) is 0 Å². The van der Waals surface area contributed by atoms with E-state index in [0.29, 0.717) is 0 Å². The van der Waals surface area contributed by atoms with Gasteiger partial charge in [-0.1, -0.05) is 6.92 Å². The van der Waals surface area contributed by atoms with Crippen molar-refractivity contribution in [3.8, 4) is 0 Å². The molecule has 9 heavy (non-hydrogen) atoms. The molecule has 0 bridgehead atoms. The average Bonchev–Trinajstić information content (AvgIpc) is 1.62. The van der Waals surface area contributed by atoms with Crippen LogP contribution in [0.1, 0.15) is 20.3 Å². The average molecular weight is 171 g/mol. The molecular weight excluding hydrogens is 158 g/mol. The highest BCUT2D eigenvalue weighted by Crippen LogP contribution is 2.49. The molecule has 0 aliphatic rings. The van der Waals surface area contributed by atoms with Gasteiger partial charge < -0.3 is 4.52 Å². The van der Waals surface area contributed by atoms with Crippen molar-refractivity contribution >= 4 is 18.0 Å². The standard InChI is InChI=1S/C5H12ClO2P/c1-4-5(2)8-9(3,6)7/h5H,4H2,1-3H3. The molecule has 56 valence electrons. The Morgan fingerprint density at radius 3 is 2.33 bits per heavy atom. The van der Waals surface area contributed by atoms with Gasteiger partial charge in [0.25, 0.3) is 6.72 Å². The number of rotatable bonds is 3. The largest absolute Gasteiger partial charge is 0.315 e. The lowest BCUT2D eigenvalue weighted by Gasteiger charge is -2.11. The molecule has 0 aromatic rings. The van der Waals surface area contributed by atoms with Crippen molar-refractivity contribution in [2.75, 3.05) is 6.66 Å². The maximum Gasteiger partial charge on any atom is 0.287 e. The van der Waals surface area contributed by atoms with Crippen LogP contribution in [0.2, 0.25) is 0 Å². The first-order chi connectivity index (χ1) is 3.95. The summed E-state index contributed by atoms with van der Waals surface area (Å²) >= 11 is 5.34. The van der Waals surface area contributed by atoms with Gasteiger partial charge in [-0.15, -0.1) is 0 Å². The monoisotopic (exact) mass is 170 g/mol. The quantitative estimate of drug-likeness (QED) is 0.609. The van der Waals surface area contributed by atoms with Crippen LogP contribution in [0.15, 0.2) is 0 Å². The highest BCUT2D eigenvalue weighted by molar-refractivity contribution is 7.84. The summed E-state index contributed by atoms with van der Waals surface area (Å²) in [6, 6.07) is 0. The van der Waals surface area contributed by atoms with E-state index in [4.69, 9.17) is 15.8 Å². The van der Waals surface area contributed by atoms with Gasteiger partial charge in [0.15, 0.2) is 0 Å². The Balaban J connectivity index is 3.60. The fraction of sp³-hybridized carbons (Fsp3) is 1.00. The lowest BCUT2D eigenvalue weighted by molar-refractivity contribution is 0.229. The van der Waals surface area contributed by atoms with Crippen LogP contribution in [-0.4, -0.2) is 12.8 Å². The third-order valence-electron chi connectivity index (χ3n) is 0.943. The van der Waals surface area contributed by atoms with Gasteiger partial charge in [-0.05, 0) is 24.6 Å². The van der Waals surface area contributed by atoms with E-state index < -0.39 is 6.72 Å². The second-order valence-corrected chi connectivity index (χ2v) is 5.62. The van der Waals surface area contributed by atoms with E-state index >= 15 is 0 Å². The van der Waals surface area contributed by atoms with Crippen molar-refractivity contribution in [3.63, 3.8) is 0 Å². The predicted octanol–water partition coefficient (Wildman–Crippen LogP) is 2.86. The van der Waals surface area contributed by atoms with E-state index in [1.807, 2.05) is 13.8 Å². The number of hydrogen-bond donors (Lipinski definition) is 0. The van der Waals surface area contributed by atoms with Gasteiger partial charge in [0.2, 0.25) is 0 Å². The molecule has 0 saturated heterocycles. The first kappa shape index (κ1) is 9.48. The number of halogens is 1. The zero-order valence-electron chi connectivity index (χ0n) is 5.93. The van der Waals surface area contributed by atoms with Gasteiger partial charge in [0.05, 0.1) is 6.10 Å². The fourth-order valence-electron chi connectivity index (χ4n) is 0.396. The molecule has 0 heterocycles. The van der Waals surface area contributed by atoms with Gasteiger partial charge >= 0.3 is 0 Å². The van der Waals surface area contributed by atoms with Gasteiger partial charge in [-0.25, -0.2) is 0 Å². The second-order valence-electron chi connectivity index (χ2n) is 2.07. The molecular formula is C5H12ClO2P. The molecule has 0 aliphatic carbocycles. The molecule has 0 saturated carbocycles. The third kappa shape index (κ3) is 6.36. The molecule has 2 unspecified atom stereocenters. The van der Waals surface area contributed by atoms with Crippen molar-refractivity contribution in [1.82, 2.24) is 0 Å². The van der Waals surface area contributed by atoms with Crippen LogP contribution in [0.3, 0.4) is 0 Å². The summed E-state index contributed by atoms with van der Waals surface area (Å²) in [5.74, 6) is 0. The molecule has 2 atom stereocenters. The smallest absolute Gasteiger partial charge is 0.287 e. The van der Waals surface area contributed by atoms with E-state index in [-0.39, 0.29) is 6.10 Å². The van der Waals surface area contributed by atoms with Crippen molar-refractivity contribution < 1.29 is 9.09 Å². The summed E-state index contributed by atoms with van der Waals surface area (Å²) in [5.41, 5.74) is 0. The Bertz CT molecular complexity index is 120. The lowest BCUT2D eigenvalue weighted by atomic mass is 10.3. The Kier molecular flexibility index (Phi) is 3.79. The van der Waals surface area contributed by atoms with Gasteiger partial charge in [-0.3, -0.25) is 4.57 Å². The van der Waals surface area contributed by atoms with Gasteiger partial charge in [-0.2, -0.15) is 0 Å². The highest BCUT2D eigenvalue weighted by atomic mass is 35.7. The fourth-order valence-corrected chi connectivity index (χ4v) is 1.60. The SMILES string of the molecule is CCC(C)OP(C)(=O)Cl. The maximum atomic E-state index is 10.7. The molecule has 0 rings (SSSR count). The van der Waals surface area contributed by atoms with Crippen LogP contribution in [0, 0.1) is 0 Å². The topological polar surface area (TPSA) is 26.3 Å².